The van der Waals surface area contributed by atoms with E-state index in [9.17, 15) is 9.46 Å². The van der Waals surface area contributed by atoms with Crippen LogP contribution in [0.5, 0.6) is 0 Å². The monoisotopic (exact) mass is 334 g/mol. The summed E-state index contributed by atoms with van der Waals surface area (Å²) >= 11 is 0. The Balaban J connectivity index is 2.10. The van der Waals surface area contributed by atoms with Crippen molar-refractivity contribution in [3.63, 3.8) is 0 Å². The average Bonchev–Trinajstić information content (AvgIpc) is 2.35. The van der Waals surface area contributed by atoms with E-state index in [0.717, 1.165) is 0 Å². The molecule has 0 fully saturated rings. The average molecular weight is 334 g/mol. The second-order valence-corrected chi connectivity index (χ2v) is 11.0. The molecule has 1 N–H and O–H groups in total. The van der Waals surface area contributed by atoms with Gasteiger partial charge in [-0.05, 0) is 36.5 Å². The lowest BCUT2D eigenvalue weighted by Gasteiger charge is -2.37. The Labute approximate surface area is 141 Å². The van der Waals surface area contributed by atoms with E-state index in [1.54, 1.807) is 0 Å². The molecule has 0 amide bonds. The second kappa shape index (κ2) is 6.22. The first kappa shape index (κ1) is 18.5. The Morgan fingerprint density at radius 2 is 1.26 bits per heavy atom. The molecule has 2 aliphatic rings. The fourth-order valence-electron chi connectivity index (χ4n) is 3.80. The first-order valence-corrected chi connectivity index (χ1v) is 10.5. The van der Waals surface area contributed by atoms with Crippen LogP contribution in [0, 0.1) is 22.7 Å². The van der Waals surface area contributed by atoms with E-state index in [2.05, 4.69) is 78.0 Å². The first-order chi connectivity index (χ1) is 10.4. The second-order valence-electron chi connectivity index (χ2n) is 8.56. The molecular weight excluding hydrogens is 303 g/mol. The van der Waals surface area contributed by atoms with Crippen LogP contribution < -0.4 is 0 Å². The van der Waals surface area contributed by atoms with Crippen molar-refractivity contribution >= 4 is 7.37 Å². The number of rotatable bonds is 4. The van der Waals surface area contributed by atoms with Crippen LogP contribution in [0.3, 0.4) is 0 Å². The topological polar surface area (TPSA) is 37.3 Å². The minimum atomic E-state index is -3.19. The lowest BCUT2D eigenvalue weighted by atomic mass is 9.75. The maximum atomic E-state index is 12.9. The number of allylic oxidation sites excluding steroid dienone is 8. The van der Waals surface area contributed by atoms with Crippen molar-refractivity contribution in [2.45, 2.75) is 41.5 Å². The Morgan fingerprint density at radius 3 is 1.57 bits per heavy atom. The first-order valence-electron chi connectivity index (χ1n) is 8.47. The predicted octanol–water partition coefficient (Wildman–Crippen LogP) is 5.57. The van der Waals surface area contributed by atoms with E-state index >= 15 is 0 Å². The van der Waals surface area contributed by atoms with Gasteiger partial charge < -0.3 is 4.89 Å². The zero-order chi connectivity index (χ0) is 17.5. The van der Waals surface area contributed by atoms with Crippen LogP contribution in [0.25, 0.3) is 0 Å². The Kier molecular flexibility index (Phi) is 5.00. The summed E-state index contributed by atoms with van der Waals surface area (Å²) in [5.41, 5.74) is 2.34. The third kappa shape index (κ3) is 4.58. The van der Waals surface area contributed by atoms with Gasteiger partial charge in [0, 0.05) is 12.3 Å². The van der Waals surface area contributed by atoms with Crippen molar-refractivity contribution in [3.05, 3.63) is 47.6 Å². The molecule has 0 aromatic heterocycles. The molecule has 0 saturated heterocycles. The zero-order valence-corrected chi connectivity index (χ0v) is 16.2. The molecule has 0 aromatic rings. The summed E-state index contributed by atoms with van der Waals surface area (Å²) in [5, 5.41) is 0. The summed E-state index contributed by atoms with van der Waals surface area (Å²) in [6.07, 6.45) is 13.5. The molecule has 2 rings (SSSR count). The summed E-state index contributed by atoms with van der Waals surface area (Å²) < 4.78 is 12.9. The van der Waals surface area contributed by atoms with Crippen molar-refractivity contribution in [2.24, 2.45) is 22.7 Å². The summed E-state index contributed by atoms with van der Waals surface area (Å²) in [5.74, 6) is 0.241. The normalized spacial score (nSPS) is 31.3. The number of hydrogen-bond donors (Lipinski definition) is 1. The van der Waals surface area contributed by atoms with E-state index in [0.29, 0.717) is 12.3 Å². The highest BCUT2D eigenvalue weighted by Gasteiger charge is 2.38. The lowest BCUT2D eigenvalue weighted by Crippen LogP contribution is -2.29. The van der Waals surface area contributed by atoms with Gasteiger partial charge in [0.2, 0.25) is 7.37 Å². The molecule has 2 nitrogen and oxygen atoms in total. The minimum Gasteiger partial charge on any atom is -0.344 e. The summed E-state index contributed by atoms with van der Waals surface area (Å²) in [4.78, 5) is 10.7. The van der Waals surface area contributed by atoms with Gasteiger partial charge >= 0.3 is 0 Å². The minimum absolute atomic E-state index is 0.0639. The van der Waals surface area contributed by atoms with E-state index in [1.807, 2.05) is 0 Å². The molecular formula is C20H31O2P. The maximum Gasteiger partial charge on any atom is 0.201 e. The molecule has 0 heterocycles. The Hall–Kier alpha value is -0.850. The molecule has 0 radical (unpaired) electrons. The smallest absolute Gasteiger partial charge is 0.201 e. The predicted molar refractivity (Wildman–Crippen MR) is 99.9 cm³/mol. The van der Waals surface area contributed by atoms with Crippen LogP contribution in [0.2, 0.25) is 0 Å². The van der Waals surface area contributed by atoms with Gasteiger partial charge in [0.05, 0.1) is 0 Å². The molecule has 0 aromatic carbocycles. The molecule has 2 aliphatic carbocycles. The van der Waals surface area contributed by atoms with Gasteiger partial charge in [-0.2, -0.15) is 0 Å². The Bertz CT molecular complexity index is 580. The molecule has 0 aliphatic heterocycles. The van der Waals surface area contributed by atoms with Gasteiger partial charge in [-0.3, -0.25) is 4.57 Å². The summed E-state index contributed by atoms with van der Waals surface area (Å²) in [6.45, 7) is 12.8. The quantitative estimate of drug-likeness (QED) is 0.682. The van der Waals surface area contributed by atoms with E-state index in [1.165, 1.54) is 11.1 Å². The van der Waals surface area contributed by atoms with Crippen molar-refractivity contribution in [1.29, 1.82) is 0 Å². The molecule has 128 valence electrons. The highest BCUT2D eigenvalue weighted by atomic mass is 31.2. The standard InChI is InChI=1S/C20H31O2P/c1-15-7-9-17(19(3,4)11-15)13-23(21,22)14-18-10-8-16(2)12-20(18,5)6/h7-12,17-18H,13-14H2,1-6H3,(H,21,22). The largest absolute Gasteiger partial charge is 0.344 e. The zero-order valence-electron chi connectivity index (χ0n) is 15.3. The van der Waals surface area contributed by atoms with Crippen molar-refractivity contribution in [1.82, 2.24) is 0 Å². The highest BCUT2D eigenvalue weighted by Crippen LogP contribution is 2.52. The van der Waals surface area contributed by atoms with Crippen LogP contribution in [-0.4, -0.2) is 17.2 Å². The SMILES string of the molecule is CC1=CC(C)(C)C(CP(=O)(O)CC2C=CC(C)=CC2(C)C)C=C1. The fourth-order valence-corrected chi connectivity index (χ4v) is 6.36. The van der Waals surface area contributed by atoms with E-state index in [-0.39, 0.29) is 22.7 Å². The van der Waals surface area contributed by atoms with E-state index in [4.69, 9.17) is 0 Å². The maximum absolute atomic E-state index is 12.9. The van der Waals surface area contributed by atoms with Gasteiger partial charge in [0.1, 0.15) is 0 Å². The van der Waals surface area contributed by atoms with Gasteiger partial charge in [-0.25, -0.2) is 0 Å². The molecule has 2 atom stereocenters. The van der Waals surface area contributed by atoms with Crippen LogP contribution >= 0.6 is 7.37 Å². The molecule has 23 heavy (non-hydrogen) atoms. The lowest BCUT2D eigenvalue weighted by molar-refractivity contribution is 0.334. The third-order valence-corrected chi connectivity index (χ3v) is 7.19. The fraction of sp³-hybridized carbons (Fsp3) is 0.600. The molecule has 3 heteroatoms. The Morgan fingerprint density at radius 1 is 0.913 bits per heavy atom. The van der Waals surface area contributed by atoms with Crippen molar-refractivity contribution in [2.75, 3.05) is 12.3 Å². The molecule has 2 unspecified atom stereocenters. The van der Waals surface area contributed by atoms with Crippen LogP contribution in [0.15, 0.2) is 47.6 Å². The molecule has 0 spiro atoms. The van der Waals surface area contributed by atoms with E-state index < -0.39 is 7.37 Å². The summed E-state index contributed by atoms with van der Waals surface area (Å²) in [6, 6.07) is 0. The van der Waals surface area contributed by atoms with Crippen LogP contribution in [0.4, 0.5) is 0 Å². The molecule has 0 saturated carbocycles. The summed E-state index contributed by atoms with van der Waals surface area (Å²) in [7, 11) is -3.19. The van der Waals surface area contributed by atoms with Gasteiger partial charge in [-0.15, -0.1) is 0 Å². The van der Waals surface area contributed by atoms with Gasteiger partial charge in [0.25, 0.3) is 0 Å². The van der Waals surface area contributed by atoms with Gasteiger partial charge in [0.15, 0.2) is 0 Å². The number of hydrogen-bond acceptors (Lipinski definition) is 1. The van der Waals surface area contributed by atoms with Crippen molar-refractivity contribution in [3.8, 4) is 0 Å². The van der Waals surface area contributed by atoms with Crippen LogP contribution in [-0.2, 0) is 4.57 Å². The molecule has 0 bridgehead atoms. The van der Waals surface area contributed by atoms with Gasteiger partial charge in [-0.1, -0.05) is 75.3 Å². The highest BCUT2D eigenvalue weighted by molar-refractivity contribution is 7.58. The third-order valence-electron chi connectivity index (χ3n) is 5.26. The van der Waals surface area contributed by atoms with Crippen LogP contribution in [0.1, 0.15) is 41.5 Å². The van der Waals surface area contributed by atoms with Crippen molar-refractivity contribution < 1.29 is 9.46 Å².